The Hall–Kier alpha value is -1.63. The maximum atomic E-state index is 12.1. The Balaban J connectivity index is 2.79. The number of hydrogen-bond acceptors (Lipinski definition) is 5. The lowest BCUT2D eigenvalue weighted by Gasteiger charge is -2.02. The molecule has 0 heterocycles. The first-order valence-corrected chi connectivity index (χ1v) is 5.64. The summed E-state index contributed by atoms with van der Waals surface area (Å²) in [6.07, 6.45) is 0. The SMILES string of the molecule is CCOC(=O)c1ccc(OS(=O)(=O)F)cc1. The quantitative estimate of drug-likeness (QED) is 0.596. The minimum atomic E-state index is -5.04. The zero-order valence-electron chi connectivity index (χ0n) is 8.34. The summed E-state index contributed by atoms with van der Waals surface area (Å²) < 4.78 is 41.0. The first-order chi connectivity index (χ1) is 7.42. The monoisotopic (exact) mass is 248 g/mol. The minimum Gasteiger partial charge on any atom is -0.462 e. The van der Waals surface area contributed by atoms with Gasteiger partial charge >= 0.3 is 16.5 Å². The third-order valence-electron chi connectivity index (χ3n) is 1.56. The highest BCUT2D eigenvalue weighted by molar-refractivity contribution is 7.81. The maximum absolute atomic E-state index is 12.1. The third-order valence-corrected chi connectivity index (χ3v) is 1.95. The molecule has 0 unspecified atom stereocenters. The van der Waals surface area contributed by atoms with Gasteiger partial charge in [-0.3, -0.25) is 0 Å². The molecule has 0 saturated heterocycles. The molecule has 0 N–H and O–H groups in total. The van der Waals surface area contributed by atoms with Crippen LogP contribution in [0.5, 0.6) is 5.75 Å². The first kappa shape index (κ1) is 12.4. The lowest BCUT2D eigenvalue weighted by atomic mass is 10.2. The average molecular weight is 248 g/mol. The molecule has 0 aliphatic heterocycles. The molecule has 16 heavy (non-hydrogen) atoms. The van der Waals surface area contributed by atoms with Crippen LogP contribution in [0.25, 0.3) is 0 Å². The van der Waals surface area contributed by atoms with Crippen molar-refractivity contribution in [1.29, 1.82) is 0 Å². The van der Waals surface area contributed by atoms with Crippen molar-refractivity contribution in [3.63, 3.8) is 0 Å². The van der Waals surface area contributed by atoms with Gasteiger partial charge in [-0.25, -0.2) is 4.79 Å². The topological polar surface area (TPSA) is 69.7 Å². The van der Waals surface area contributed by atoms with Crippen LogP contribution < -0.4 is 4.18 Å². The molecule has 0 spiro atoms. The summed E-state index contributed by atoms with van der Waals surface area (Å²) in [4.78, 5) is 11.2. The lowest BCUT2D eigenvalue weighted by Crippen LogP contribution is -2.05. The number of esters is 1. The second kappa shape index (κ2) is 4.93. The van der Waals surface area contributed by atoms with Gasteiger partial charge in [-0.1, -0.05) is 3.89 Å². The molecule has 1 aromatic rings. The summed E-state index contributed by atoms with van der Waals surface area (Å²) in [5.74, 6) is -0.757. The van der Waals surface area contributed by atoms with E-state index in [9.17, 15) is 17.1 Å². The zero-order chi connectivity index (χ0) is 12.2. The number of benzene rings is 1. The van der Waals surface area contributed by atoms with E-state index in [1.54, 1.807) is 6.92 Å². The normalized spacial score (nSPS) is 10.9. The van der Waals surface area contributed by atoms with E-state index >= 15 is 0 Å². The van der Waals surface area contributed by atoms with Crippen molar-refractivity contribution < 1.29 is 26.0 Å². The van der Waals surface area contributed by atoms with Gasteiger partial charge in [0.15, 0.2) is 0 Å². The van der Waals surface area contributed by atoms with Crippen LogP contribution in [0.3, 0.4) is 0 Å². The Morgan fingerprint density at radius 3 is 2.31 bits per heavy atom. The Morgan fingerprint density at radius 1 is 1.31 bits per heavy atom. The molecule has 0 atom stereocenters. The Kier molecular flexibility index (Phi) is 3.83. The first-order valence-electron chi connectivity index (χ1n) is 4.33. The van der Waals surface area contributed by atoms with E-state index < -0.39 is 16.5 Å². The van der Waals surface area contributed by atoms with Crippen molar-refractivity contribution in [2.24, 2.45) is 0 Å². The molecule has 0 aromatic heterocycles. The van der Waals surface area contributed by atoms with Crippen LogP contribution >= 0.6 is 0 Å². The molecule has 0 aliphatic carbocycles. The van der Waals surface area contributed by atoms with E-state index in [0.717, 1.165) is 12.1 Å². The third kappa shape index (κ3) is 3.85. The van der Waals surface area contributed by atoms with Gasteiger partial charge < -0.3 is 8.92 Å². The van der Waals surface area contributed by atoms with Crippen molar-refractivity contribution >= 4 is 16.5 Å². The molecule has 5 nitrogen and oxygen atoms in total. The van der Waals surface area contributed by atoms with Gasteiger partial charge in [-0.2, -0.15) is 8.42 Å². The van der Waals surface area contributed by atoms with Gasteiger partial charge in [-0.05, 0) is 31.2 Å². The maximum Gasteiger partial charge on any atom is 0.488 e. The van der Waals surface area contributed by atoms with Gasteiger partial charge in [-0.15, -0.1) is 0 Å². The van der Waals surface area contributed by atoms with E-state index in [0.29, 0.717) is 0 Å². The fraction of sp³-hybridized carbons (Fsp3) is 0.222. The molecule has 0 fully saturated rings. The summed E-state index contributed by atoms with van der Waals surface area (Å²) in [6, 6.07) is 4.86. The van der Waals surface area contributed by atoms with Crippen LogP contribution in [0.2, 0.25) is 0 Å². The van der Waals surface area contributed by atoms with Gasteiger partial charge in [0.25, 0.3) is 0 Å². The minimum absolute atomic E-state index is 0.212. The summed E-state index contributed by atoms with van der Waals surface area (Å²) in [6.45, 7) is 1.89. The van der Waals surface area contributed by atoms with Crippen molar-refractivity contribution in [2.45, 2.75) is 6.92 Å². The summed E-state index contributed by atoms with van der Waals surface area (Å²) >= 11 is 0. The molecule has 1 aromatic carbocycles. The van der Waals surface area contributed by atoms with Crippen LogP contribution in [-0.2, 0) is 15.2 Å². The van der Waals surface area contributed by atoms with Crippen LogP contribution in [-0.4, -0.2) is 21.0 Å². The number of halogens is 1. The van der Waals surface area contributed by atoms with E-state index in [1.807, 2.05) is 0 Å². The average Bonchev–Trinajstić information content (AvgIpc) is 2.16. The Labute approximate surface area is 92.2 Å². The standard InChI is InChI=1S/C9H9FO5S/c1-2-14-9(11)7-3-5-8(6-4-7)15-16(10,12)13/h3-6H,2H2,1H3. The predicted molar refractivity (Wildman–Crippen MR) is 53.1 cm³/mol. The van der Waals surface area contributed by atoms with Crippen LogP contribution in [0.15, 0.2) is 24.3 Å². The number of carbonyl (C=O) groups excluding carboxylic acids is 1. The Morgan fingerprint density at radius 2 is 1.88 bits per heavy atom. The zero-order valence-corrected chi connectivity index (χ0v) is 9.16. The molecule has 0 amide bonds. The number of ether oxygens (including phenoxy) is 1. The number of hydrogen-bond donors (Lipinski definition) is 0. The van der Waals surface area contributed by atoms with E-state index in [-0.39, 0.29) is 17.9 Å². The summed E-state index contributed by atoms with van der Waals surface area (Å²) in [7, 11) is -5.04. The largest absolute Gasteiger partial charge is 0.488 e. The molecule has 0 radical (unpaired) electrons. The molecular weight excluding hydrogens is 239 g/mol. The highest BCUT2D eigenvalue weighted by Crippen LogP contribution is 2.15. The molecule has 0 saturated carbocycles. The van der Waals surface area contributed by atoms with Crippen molar-refractivity contribution in [1.82, 2.24) is 0 Å². The van der Waals surface area contributed by atoms with Crippen LogP contribution in [0.4, 0.5) is 3.89 Å². The van der Waals surface area contributed by atoms with Crippen LogP contribution in [0, 0.1) is 0 Å². The smallest absolute Gasteiger partial charge is 0.462 e. The van der Waals surface area contributed by atoms with E-state index in [1.165, 1.54) is 12.1 Å². The van der Waals surface area contributed by atoms with Crippen LogP contribution in [0.1, 0.15) is 17.3 Å². The second-order valence-corrected chi connectivity index (χ2v) is 3.67. The highest BCUT2D eigenvalue weighted by Gasteiger charge is 2.11. The molecule has 0 bridgehead atoms. The summed E-state index contributed by atoms with van der Waals surface area (Å²) in [5, 5.41) is 0. The van der Waals surface area contributed by atoms with Gasteiger partial charge in [0, 0.05) is 0 Å². The van der Waals surface area contributed by atoms with E-state index in [4.69, 9.17) is 4.74 Å². The molecular formula is C9H9FO5S. The molecule has 7 heteroatoms. The lowest BCUT2D eigenvalue weighted by molar-refractivity contribution is 0.0526. The molecule has 1 rings (SSSR count). The fourth-order valence-corrected chi connectivity index (χ4v) is 1.32. The second-order valence-electron chi connectivity index (χ2n) is 2.72. The Bertz CT molecular complexity index is 465. The number of rotatable bonds is 4. The highest BCUT2D eigenvalue weighted by atomic mass is 32.3. The van der Waals surface area contributed by atoms with Crippen molar-refractivity contribution in [3.8, 4) is 5.75 Å². The summed E-state index contributed by atoms with van der Waals surface area (Å²) in [5.41, 5.74) is 0.227. The molecule has 88 valence electrons. The van der Waals surface area contributed by atoms with Gasteiger partial charge in [0.2, 0.25) is 0 Å². The van der Waals surface area contributed by atoms with Crippen molar-refractivity contribution in [2.75, 3.05) is 6.61 Å². The van der Waals surface area contributed by atoms with Gasteiger partial charge in [0.1, 0.15) is 5.75 Å². The van der Waals surface area contributed by atoms with Gasteiger partial charge in [0.05, 0.1) is 12.2 Å². The fourth-order valence-electron chi connectivity index (χ4n) is 0.976. The number of carbonyl (C=O) groups is 1. The molecule has 0 aliphatic rings. The van der Waals surface area contributed by atoms with Crippen molar-refractivity contribution in [3.05, 3.63) is 29.8 Å². The predicted octanol–water partition coefficient (Wildman–Crippen LogP) is 1.46. The van der Waals surface area contributed by atoms with E-state index in [2.05, 4.69) is 4.18 Å².